The van der Waals surface area contributed by atoms with Crippen molar-refractivity contribution < 1.29 is 13.2 Å². The third kappa shape index (κ3) is 3.60. The van der Waals surface area contributed by atoms with Gasteiger partial charge in [0, 0.05) is 11.3 Å². The minimum Gasteiger partial charge on any atom is -0.322 e. The first kappa shape index (κ1) is 17.2. The Hall–Kier alpha value is -2.18. The maximum absolute atomic E-state index is 12.4. The molecule has 0 aliphatic heterocycles. The predicted molar refractivity (Wildman–Crippen MR) is 91.3 cm³/mol. The quantitative estimate of drug-likeness (QED) is 0.904. The van der Waals surface area contributed by atoms with Gasteiger partial charge in [0.1, 0.15) is 0 Å². The van der Waals surface area contributed by atoms with E-state index in [4.69, 9.17) is 0 Å². The van der Waals surface area contributed by atoms with Crippen LogP contribution in [0.1, 0.15) is 27.0 Å². The fourth-order valence-corrected chi connectivity index (χ4v) is 3.27. The van der Waals surface area contributed by atoms with Gasteiger partial charge in [-0.1, -0.05) is 18.2 Å². The van der Waals surface area contributed by atoms with Crippen LogP contribution in [0.25, 0.3) is 0 Å². The molecular weight excluding hydrogens is 312 g/mol. The largest absolute Gasteiger partial charge is 0.322 e. The van der Waals surface area contributed by atoms with Crippen molar-refractivity contribution in [2.24, 2.45) is 0 Å². The molecule has 0 aromatic heterocycles. The van der Waals surface area contributed by atoms with Crippen LogP contribution in [0.2, 0.25) is 0 Å². The second-order valence-electron chi connectivity index (χ2n) is 5.39. The van der Waals surface area contributed by atoms with E-state index >= 15 is 0 Å². The Kier molecular flexibility index (Phi) is 4.87. The standard InChI is InChI=1S/C17H20N2O3S/c1-11-6-5-7-15(13(11)3)17(20)19-14-9-8-12(2)16(10-14)23(21,22)18-4/h5-10,18H,1-4H3,(H,19,20). The number of aryl methyl sites for hydroxylation is 2. The predicted octanol–water partition coefficient (Wildman–Crippen LogP) is 2.77. The third-order valence-electron chi connectivity index (χ3n) is 3.85. The molecule has 2 N–H and O–H groups in total. The summed E-state index contributed by atoms with van der Waals surface area (Å²) in [5.74, 6) is -0.261. The highest BCUT2D eigenvalue weighted by molar-refractivity contribution is 7.89. The van der Waals surface area contributed by atoms with E-state index < -0.39 is 10.0 Å². The van der Waals surface area contributed by atoms with E-state index in [1.54, 1.807) is 25.1 Å². The number of anilines is 1. The van der Waals surface area contributed by atoms with Crippen LogP contribution in [0.4, 0.5) is 5.69 Å². The lowest BCUT2D eigenvalue weighted by molar-refractivity contribution is 0.102. The Bertz CT molecular complexity index is 858. The summed E-state index contributed by atoms with van der Waals surface area (Å²) in [5, 5.41) is 2.76. The Balaban J connectivity index is 2.36. The molecule has 0 fully saturated rings. The van der Waals surface area contributed by atoms with Gasteiger partial charge in [0.25, 0.3) is 5.91 Å². The van der Waals surface area contributed by atoms with Crippen LogP contribution in [0, 0.1) is 20.8 Å². The van der Waals surface area contributed by atoms with E-state index in [-0.39, 0.29) is 10.8 Å². The van der Waals surface area contributed by atoms with Gasteiger partial charge in [-0.25, -0.2) is 13.1 Å². The molecule has 0 spiro atoms. The van der Waals surface area contributed by atoms with Gasteiger partial charge in [-0.2, -0.15) is 0 Å². The molecule has 0 heterocycles. The minimum absolute atomic E-state index is 0.152. The van der Waals surface area contributed by atoms with Crippen molar-refractivity contribution >= 4 is 21.6 Å². The SMILES string of the molecule is CNS(=O)(=O)c1cc(NC(=O)c2cccc(C)c2C)ccc1C. The maximum Gasteiger partial charge on any atom is 0.255 e. The first-order valence-electron chi connectivity index (χ1n) is 7.18. The molecule has 0 saturated carbocycles. The summed E-state index contributed by atoms with van der Waals surface area (Å²) in [7, 11) is -2.21. The van der Waals surface area contributed by atoms with Crippen molar-refractivity contribution in [3.63, 3.8) is 0 Å². The molecule has 122 valence electrons. The summed E-state index contributed by atoms with van der Waals surface area (Å²) in [6.45, 7) is 5.53. The summed E-state index contributed by atoms with van der Waals surface area (Å²) in [6, 6.07) is 10.3. The molecule has 23 heavy (non-hydrogen) atoms. The van der Waals surface area contributed by atoms with Crippen LogP contribution in [0.5, 0.6) is 0 Å². The highest BCUT2D eigenvalue weighted by Crippen LogP contribution is 2.21. The maximum atomic E-state index is 12.4. The number of nitrogens with one attached hydrogen (secondary N) is 2. The summed E-state index contributed by atoms with van der Waals surface area (Å²) >= 11 is 0. The van der Waals surface area contributed by atoms with Crippen LogP contribution in [-0.4, -0.2) is 21.4 Å². The molecule has 0 aliphatic rings. The van der Waals surface area contributed by atoms with Crippen LogP contribution in [0.15, 0.2) is 41.3 Å². The van der Waals surface area contributed by atoms with E-state index in [2.05, 4.69) is 10.0 Å². The Morgan fingerprint density at radius 2 is 1.70 bits per heavy atom. The normalized spacial score (nSPS) is 11.3. The first-order valence-corrected chi connectivity index (χ1v) is 8.66. The molecule has 0 aliphatic carbocycles. The molecule has 0 radical (unpaired) electrons. The van der Waals surface area contributed by atoms with Crippen LogP contribution < -0.4 is 10.0 Å². The van der Waals surface area contributed by atoms with E-state index in [0.717, 1.165) is 11.1 Å². The van der Waals surface area contributed by atoms with Gasteiger partial charge in [0.05, 0.1) is 4.90 Å². The molecule has 5 nitrogen and oxygen atoms in total. The lowest BCUT2D eigenvalue weighted by Gasteiger charge is -2.12. The molecule has 0 bridgehead atoms. The van der Waals surface area contributed by atoms with Crippen LogP contribution in [-0.2, 0) is 10.0 Å². The average Bonchev–Trinajstić information content (AvgIpc) is 2.51. The highest BCUT2D eigenvalue weighted by Gasteiger charge is 2.16. The van der Waals surface area contributed by atoms with Crippen LogP contribution in [0.3, 0.4) is 0 Å². The summed E-state index contributed by atoms with van der Waals surface area (Å²) in [5.41, 5.74) is 3.56. The molecule has 6 heteroatoms. The molecule has 0 unspecified atom stereocenters. The van der Waals surface area contributed by atoms with Crippen molar-refractivity contribution in [2.75, 3.05) is 12.4 Å². The van der Waals surface area contributed by atoms with E-state index in [1.165, 1.54) is 13.1 Å². The Morgan fingerprint density at radius 1 is 1.00 bits per heavy atom. The number of rotatable bonds is 4. The second-order valence-corrected chi connectivity index (χ2v) is 7.24. The number of sulfonamides is 1. The summed E-state index contributed by atoms with van der Waals surface area (Å²) in [4.78, 5) is 12.6. The van der Waals surface area contributed by atoms with E-state index in [9.17, 15) is 13.2 Å². The lowest BCUT2D eigenvalue weighted by Crippen LogP contribution is -2.20. The van der Waals surface area contributed by atoms with E-state index in [1.807, 2.05) is 26.0 Å². The van der Waals surface area contributed by atoms with Gasteiger partial charge in [0.2, 0.25) is 10.0 Å². The molecule has 1 amide bonds. The smallest absolute Gasteiger partial charge is 0.255 e. The Morgan fingerprint density at radius 3 is 2.35 bits per heavy atom. The number of hydrogen-bond acceptors (Lipinski definition) is 3. The van der Waals surface area contributed by atoms with Crippen molar-refractivity contribution in [3.8, 4) is 0 Å². The third-order valence-corrected chi connectivity index (χ3v) is 5.41. The monoisotopic (exact) mass is 332 g/mol. The zero-order valence-corrected chi connectivity index (χ0v) is 14.4. The fourth-order valence-electron chi connectivity index (χ4n) is 2.27. The van der Waals surface area contributed by atoms with Crippen molar-refractivity contribution in [3.05, 3.63) is 58.7 Å². The molecular formula is C17H20N2O3S. The zero-order chi connectivity index (χ0) is 17.2. The summed E-state index contributed by atoms with van der Waals surface area (Å²) in [6.07, 6.45) is 0. The van der Waals surface area contributed by atoms with Crippen molar-refractivity contribution in [2.45, 2.75) is 25.7 Å². The van der Waals surface area contributed by atoms with Crippen molar-refractivity contribution in [1.82, 2.24) is 4.72 Å². The van der Waals surface area contributed by atoms with Gasteiger partial charge in [-0.15, -0.1) is 0 Å². The van der Waals surface area contributed by atoms with Crippen molar-refractivity contribution in [1.29, 1.82) is 0 Å². The summed E-state index contributed by atoms with van der Waals surface area (Å²) < 4.78 is 26.3. The van der Waals surface area contributed by atoms with Crippen LogP contribution >= 0.6 is 0 Å². The van der Waals surface area contributed by atoms with Gasteiger partial charge in [0.15, 0.2) is 0 Å². The number of hydrogen-bond donors (Lipinski definition) is 2. The topological polar surface area (TPSA) is 75.3 Å². The number of carbonyl (C=O) groups excluding carboxylic acids is 1. The highest BCUT2D eigenvalue weighted by atomic mass is 32.2. The average molecular weight is 332 g/mol. The van der Waals surface area contributed by atoms with Gasteiger partial charge >= 0.3 is 0 Å². The lowest BCUT2D eigenvalue weighted by atomic mass is 10.0. The van der Waals surface area contributed by atoms with Gasteiger partial charge < -0.3 is 5.32 Å². The number of benzene rings is 2. The first-order chi connectivity index (χ1) is 10.8. The minimum atomic E-state index is -3.57. The zero-order valence-electron chi connectivity index (χ0n) is 13.6. The van der Waals surface area contributed by atoms with Gasteiger partial charge in [-0.3, -0.25) is 4.79 Å². The molecule has 2 aromatic carbocycles. The number of carbonyl (C=O) groups is 1. The number of amides is 1. The molecule has 2 aromatic rings. The fraction of sp³-hybridized carbons (Fsp3) is 0.235. The Labute approximate surface area is 136 Å². The second kappa shape index (κ2) is 6.52. The molecule has 0 atom stereocenters. The molecule has 2 rings (SSSR count). The van der Waals surface area contributed by atoms with E-state index in [0.29, 0.717) is 16.8 Å². The molecule has 0 saturated heterocycles. The van der Waals surface area contributed by atoms with Gasteiger partial charge in [-0.05, 0) is 62.7 Å².